The van der Waals surface area contributed by atoms with Crippen molar-refractivity contribution in [2.24, 2.45) is 0 Å². The molecule has 0 N–H and O–H groups in total. The number of rotatable bonds is 6. The minimum atomic E-state index is 0.860. The van der Waals surface area contributed by atoms with E-state index >= 15 is 0 Å². The highest BCUT2D eigenvalue weighted by molar-refractivity contribution is 5.78. The van der Waals surface area contributed by atoms with Gasteiger partial charge in [-0.2, -0.15) is 0 Å². The second-order valence-corrected chi connectivity index (χ2v) is 7.28. The zero-order valence-corrected chi connectivity index (χ0v) is 17.6. The maximum absolute atomic E-state index is 5.26. The fourth-order valence-corrected chi connectivity index (χ4v) is 3.50. The van der Waals surface area contributed by atoms with Gasteiger partial charge in [-0.25, -0.2) is 0 Å². The molecule has 0 bridgehead atoms. The molecule has 4 aromatic rings. The number of aryl methyl sites for hydroxylation is 1. The highest BCUT2D eigenvalue weighted by Crippen LogP contribution is 2.36. The first-order valence-corrected chi connectivity index (χ1v) is 10.1. The maximum atomic E-state index is 5.26. The molecule has 0 amide bonds. The number of para-hydroxylation sites is 1. The molecule has 0 radical (unpaired) electrons. The minimum Gasteiger partial charge on any atom is -0.497 e. The van der Waals surface area contributed by atoms with Gasteiger partial charge in [0, 0.05) is 35.5 Å². The molecule has 0 aliphatic rings. The van der Waals surface area contributed by atoms with Crippen LogP contribution in [0.4, 0.5) is 28.4 Å². The predicted molar refractivity (Wildman–Crippen MR) is 127 cm³/mol. The normalized spacial score (nSPS) is 10.5. The van der Waals surface area contributed by atoms with Crippen LogP contribution in [0.15, 0.2) is 103 Å². The third kappa shape index (κ3) is 4.15. The Morgan fingerprint density at radius 3 is 1.50 bits per heavy atom. The lowest BCUT2D eigenvalue weighted by Crippen LogP contribution is -2.11. The van der Waals surface area contributed by atoms with E-state index in [2.05, 4.69) is 109 Å². The van der Waals surface area contributed by atoms with Gasteiger partial charge in [0.15, 0.2) is 0 Å². The van der Waals surface area contributed by atoms with E-state index in [1.165, 1.54) is 5.56 Å². The van der Waals surface area contributed by atoms with Crippen molar-refractivity contribution in [2.45, 2.75) is 6.92 Å². The average molecular weight is 395 g/mol. The Labute approximate surface area is 178 Å². The predicted octanol–water partition coefficient (Wildman–Crippen LogP) is 7.24. The zero-order valence-electron chi connectivity index (χ0n) is 17.6. The minimum absolute atomic E-state index is 0.860. The van der Waals surface area contributed by atoms with E-state index < -0.39 is 0 Å². The van der Waals surface area contributed by atoms with Crippen LogP contribution in [0.1, 0.15) is 5.56 Å². The number of hydrogen-bond acceptors (Lipinski definition) is 3. The lowest BCUT2D eigenvalue weighted by atomic mass is 10.1. The van der Waals surface area contributed by atoms with Crippen molar-refractivity contribution in [2.75, 3.05) is 24.0 Å². The van der Waals surface area contributed by atoms with Crippen LogP contribution in [-0.2, 0) is 0 Å². The molecule has 4 aromatic carbocycles. The van der Waals surface area contributed by atoms with E-state index in [9.17, 15) is 0 Å². The molecule has 0 atom stereocenters. The summed E-state index contributed by atoms with van der Waals surface area (Å²) in [6.45, 7) is 2.11. The fourth-order valence-electron chi connectivity index (χ4n) is 3.50. The summed E-state index contributed by atoms with van der Waals surface area (Å²) < 4.78 is 5.26. The molecule has 0 aromatic heterocycles. The SMILES string of the molecule is COc1ccc(N(C)c2ccc(N(c3ccccc3)c3ccc(C)cc3)cc2)cc1. The molecular weight excluding hydrogens is 368 g/mol. The van der Waals surface area contributed by atoms with E-state index in [1.807, 2.05) is 18.2 Å². The van der Waals surface area contributed by atoms with Crippen LogP contribution in [0.2, 0.25) is 0 Å². The lowest BCUT2D eigenvalue weighted by Gasteiger charge is -2.26. The highest BCUT2D eigenvalue weighted by atomic mass is 16.5. The summed E-state index contributed by atoms with van der Waals surface area (Å²) in [6, 6.07) is 35.8. The van der Waals surface area contributed by atoms with Crippen LogP contribution >= 0.6 is 0 Å². The number of methoxy groups -OCH3 is 1. The van der Waals surface area contributed by atoms with Gasteiger partial charge in [0.2, 0.25) is 0 Å². The van der Waals surface area contributed by atoms with E-state index in [-0.39, 0.29) is 0 Å². The van der Waals surface area contributed by atoms with Gasteiger partial charge in [-0.05, 0) is 79.7 Å². The number of hydrogen-bond donors (Lipinski definition) is 0. The molecule has 0 fully saturated rings. The van der Waals surface area contributed by atoms with Crippen molar-refractivity contribution < 1.29 is 4.74 Å². The third-order valence-electron chi connectivity index (χ3n) is 5.26. The first-order chi connectivity index (χ1) is 14.7. The maximum Gasteiger partial charge on any atom is 0.119 e. The number of benzene rings is 4. The van der Waals surface area contributed by atoms with E-state index in [0.29, 0.717) is 0 Å². The molecule has 0 heterocycles. The van der Waals surface area contributed by atoms with Gasteiger partial charge in [-0.15, -0.1) is 0 Å². The second kappa shape index (κ2) is 8.75. The summed E-state index contributed by atoms with van der Waals surface area (Å²) >= 11 is 0. The van der Waals surface area contributed by atoms with Gasteiger partial charge in [0.1, 0.15) is 5.75 Å². The lowest BCUT2D eigenvalue weighted by molar-refractivity contribution is 0.415. The molecule has 150 valence electrons. The average Bonchev–Trinajstić information content (AvgIpc) is 2.81. The van der Waals surface area contributed by atoms with Gasteiger partial charge in [-0.3, -0.25) is 0 Å². The Kier molecular flexibility index (Phi) is 5.71. The standard InChI is InChI=1S/C27H26N2O/c1-21-9-11-25(12-10-21)29(24-7-5-4-6-8-24)26-15-13-22(14-16-26)28(2)23-17-19-27(30-3)20-18-23/h4-20H,1-3H3. The molecule has 0 aliphatic heterocycles. The van der Waals surface area contributed by atoms with Crippen LogP contribution in [-0.4, -0.2) is 14.2 Å². The quantitative estimate of drug-likeness (QED) is 0.343. The second-order valence-electron chi connectivity index (χ2n) is 7.28. The van der Waals surface area contributed by atoms with Crippen LogP contribution in [0.25, 0.3) is 0 Å². The van der Waals surface area contributed by atoms with E-state index in [0.717, 1.165) is 34.2 Å². The number of ether oxygens (including phenoxy) is 1. The van der Waals surface area contributed by atoms with Gasteiger partial charge < -0.3 is 14.5 Å². The smallest absolute Gasteiger partial charge is 0.119 e. The van der Waals surface area contributed by atoms with Gasteiger partial charge in [0.25, 0.3) is 0 Å². The van der Waals surface area contributed by atoms with E-state index in [1.54, 1.807) is 7.11 Å². The number of nitrogens with zero attached hydrogens (tertiary/aromatic N) is 2. The molecule has 3 heteroatoms. The first kappa shape index (κ1) is 19.6. The zero-order chi connectivity index (χ0) is 20.9. The van der Waals surface area contributed by atoms with Crippen molar-refractivity contribution in [1.82, 2.24) is 0 Å². The first-order valence-electron chi connectivity index (χ1n) is 10.1. The van der Waals surface area contributed by atoms with Crippen LogP contribution in [0, 0.1) is 6.92 Å². The van der Waals surface area contributed by atoms with Crippen LogP contribution in [0.5, 0.6) is 5.75 Å². The third-order valence-corrected chi connectivity index (χ3v) is 5.26. The Hall–Kier alpha value is -3.72. The Morgan fingerprint density at radius 2 is 0.967 bits per heavy atom. The Bertz CT molecular complexity index is 1070. The molecule has 0 saturated carbocycles. The molecule has 0 unspecified atom stereocenters. The van der Waals surface area contributed by atoms with Crippen LogP contribution in [0.3, 0.4) is 0 Å². The van der Waals surface area contributed by atoms with Crippen molar-refractivity contribution in [3.8, 4) is 5.75 Å². The summed E-state index contributed by atoms with van der Waals surface area (Å²) in [5.74, 6) is 0.860. The number of anilines is 5. The van der Waals surface area contributed by atoms with Crippen LogP contribution < -0.4 is 14.5 Å². The van der Waals surface area contributed by atoms with Gasteiger partial charge >= 0.3 is 0 Å². The summed E-state index contributed by atoms with van der Waals surface area (Å²) in [7, 11) is 3.76. The van der Waals surface area contributed by atoms with Gasteiger partial charge in [-0.1, -0.05) is 35.9 Å². The molecular formula is C27H26N2O. The highest BCUT2D eigenvalue weighted by Gasteiger charge is 2.13. The van der Waals surface area contributed by atoms with Gasteiger partial charge in [0.05, 0.1) is 7.11 Å². The van der Waals surface area contributed by atoms with Crippen molar-refractivity contribution in [3.05, 3.63) is 109 Å². The molecule has 30 heavy (non-hydrogen) atoms. The fraction of sp³-hybridized carbons (Fsp3) is 0.111. The summed E-state index contributed by atoms with van der Waals surface area (Å²) in [6.07, 6.45) is 0. The largest absolute Gasteiger partial charge is 0.497 e. The monoisotopic (exact) mass is 394 g/mol. The van der Waals surface area contributed by atoms with Crippen molar-refractivity contribution >= 4 is 28.4 Å². The summed E-state index contributed by atoms with van der Waals surface area (Å²) in [5.41, 5.74) is 6.89. The summed E-state index contributed by atoms with van der Waals surface area (Å²) in [4.78, 5) is 4.44. The van der Waals surface area contributed by atoms with Crippen molar-refractivity contribution in [1.29, 1.82) is 0 Å². The molecule has 3 nitrogen and oxygen atoms in total. The Balaban J connectivity index is 1.66. The topological polar surface area (TPSA) is 15.7 Å². The molecule has 4 rings (SSSR count). The summed E-state index contributed by atoms with van der Waals surface area (Å²) in [5, 5.41) is 0. The molecule has 0 aliphatic carbocycles. The molecule has 0 saturated heterocycles. The Morgan fingerprint density at radius 1 is 0.533 bits per heavy atom. The molecule has 0 spiro atoms. The van der Waals surface area contributed by atoms with E-state index in [4.69, 9.17) is 4.74 Å². The van der Waals surface area contributed by atoms with Crippen molar-refractivity contribution in [3.63, 3.8) is 0 Å².